The van der Waals surface area contributed by atoms with Gasteiger partial charge in [-0.2, -0.15) is 0 Å². The topological polar surface area (TPSA) is 46.5 Å². The van der Waals surface area contributed by atoms with Gasteiger partial charge in [-0.05, 0) is 18.6 Å². The molecular weight excluding hydrogens is 240 g/mol. The van der Waals surface area contributed by atoms with Gasteiger partial charge in [0.2, 0.25) is 5.78 Å². The fraction of sp³-hybridized carbons (Fsp3) is 0.400. The third-order valence-electron chi connectivity index (χ3n) is 3.75. The lowest BCUT2D eigenvalue weighted by Crippen LogP contribution is -3.14. The molecule has 0 aliphatic carbocycles. The number of ether oxygens (including phenoxy) is 1. The Balaban J connectivity index is 1.81. The lowest BCUT2D eigenvalue weighted by atomic mass is 10.1. The van der Waals surface area contributed by atoms with Crippen molar-refractivity contribution in [1.82, 2.24) is 4.98 Å². The van der Waals surface area contributed by atoms with E-state index in [1.54, 1.807) is 0 Å². The van der Waals surface area contributed by atoms with E-state index in [9.17, 15) is 4.79 Å². The third-order valence-corrected chi connectivity index (χ3v) is 3.75. The first-order valence-corrected chi connectivity index (χ1v) is 6.76. The van der Waals surface area contributed by atoms with Gasteiger partial charge in [-0.1, -0.05) is 12.1 Å². The van der Waals surface area contributed by atoms with E-state index in [-0.39, 0.29) is 5.78 Å². The van der Waals surface area contributed by atoms with Gasteiger partial charge in [0.15, 0.2) is 0 Å². The number of aromatic nitrogens is 1. The molecule has 2 aromatic rings. The van der Waals surface area contributed by atoms with E-state index in [1.165, 1.54) is 10.5 Å². The number of aryl methyl sites for hydroxylation is 1. The predicted octanol–water partition coefficient (Wildman–Crippen LogP) is 0.574. The van der Waals surface area contributed by atoms with Gasteiger partial charge < -0.3 is 14.6 Å². The zero-order valence-electron chi connectivity index (χ0n) is 11.2. The van der Waals surface area contributed by atoms with E-state index >= 15 is 0 Å². The van der Waals surface area contributed by atoms with Crippen LogP contribution in [0.1, 0.15) is 15.9 Å². The molecule has 3 rings (SSSR count). The second-order valence-electron chi connectivity index (χ2n) is 5.21. The van der Waals surface area contributed by atoms with Crippen molar-refractivity contribution >= 4 is 16.7 Å². The first-order valence-electron chi connectivity index (χ1n) is 6.76. The van der Waals surface area contributed by atoms with Crippen LogP contribution in [0.2, 0.25) is 0 Å². The lowest BCUT2D eigenvalue weighted by molar-refractivity contribution is -0.899. The maximum atomic E-state index is 12.4. The van der Waals surface area contributed by atoms with Crippen molar-refractivity contribution in [2.24, 2.45) is 0 Å². The zero-order valence-corrected chi connectivity index (χ0v) is 11.2. The average molecular weight is 259 g/mol. The van der Waals surface area contributed by atoms with Crippen LogP contribution in [-0.2, 0) is 4.74 Å². The van der Waals surface area contributed by atoms with Gasteiger partial charge >= 0.3 is 0 Å². The fourth-order valence-corrected chi connectivity index (χ4v) is 2.63. The Kier molecular flexibility index (Phi) is 3.36. The smallest absolute Gasteiger partial charge is 0.219 e. The van der Waals surface area contributed by atoms with Crippen molar-refractivity contribution in [2.75, 3.05) is 32.8 Å². The summed E-state index contributed by atoms with van der Waals surface area (Å²) in [6.45, 7) is 5.98. The van der Waals surface area contributed by atoms with E-state index in [0.29, 0.717) is 6.54 Å². The lowest BCUT2D eigenvalue weighted by Gasteiger charge is -2.22. The molecule has 2 heterocycles. The van der Waals surface area contributed by atoms with Gasteiger partial charge in [0.1, 0.15) is 19.6 Å². The number of hydrogen-bond acceptors (Lipinski definition) is 2. The molecular formula is C15H19N2O2+. The normalized spacial score (nSPS) is 16.9. The van der Waals surface area contributed by atoms with Crippen LogP contribution >= 0.6 is 0 Å². The molecule has 0 radical (unpaired) electrons. The number of benzene rings is 1. The number of aromatic amines is 1. The summed E-state index contributed by atoms with van der Waals surface area (Å²) in [5.41, 5.74) is 3.06. The largest absolute Gasteiger partial charge is 0.370 e. The molecule has 0 bridgehead atoms. The molecule has 2 N–H and O–H groups in total. The summed E-state index contributed by atoms with van der Waals surface area (Å²) in [5, 5.41) is 1.03. The Morgan fingerprint density at radius 3 is 2.95 bits per heavy atom. The zero-order chi connectivity index (χ0) is 13.2. The van der Waals surface area contributed by atoms with Crippen molar-refractivity contribution in [3.8, 4) is 0 Å². The van der Waals surface area contributed by atoms with Gasteiger partial charge in [-0.25, -0.2) is 0 Å². The first-order chi connectivity index (χ1) is 9.24. The second kappa shape index (κ2) is 5.15. The van der Waals surface area contributed by atoms with Crippen LogP contribution in [0.3, 0.4) is 0 Å². The molecule has 0 spiro atoms. The average Bonchev–Trinajstić information content (AvgIpc) is 2.82. The minimum Gasteiger partial charge on any atom is -0.370 e. The minimum atomic E-state index is 0.215. The summed E-state index contributed by atoms with van der Waals surface area (Å²) >= 11 is 0. The van der Waals surface area contributed by atoms with E-state index in [0.717, 1.165) is 42.8 Å². The Bertz CT molecular complexity index is 597. The Labute approximate surface area is 112 Å². The van der Waals surface area contributed by atoms with Crippen molar-refractivity contribution in [3.05, 3.63) is 35.5 Å². The Morgan fingerprint density at radius 2 is 2.16 bits per heavy atom. The Hall–Kier alpha value is -1.65. The SMILES string of the molecule is Cc1ccc2c(C(=O)C[NH+]3CCOCC3)c[nH]c2c1. The number of carbonyl (C=O) groups is 1. The van der Waals surface area contributed by atoms with E-state index in [1.807, 2.05) is 12.3 Å². The highest BCUT2D eigenvalue weighted by atomic mass is 16.5. The number of nitrogens with one attached hydrogen (secondary N) is 2. The number of hydrogen-bond donors (Lipinski definition) is 2. The number of H-pyrrole nitrogens is 1. The number of carbonyl (C=O) groups excluding carboxylic acids is 1. The summed E-state index contributed by atoms with van der Waals surface area (Å²) in [4.78, 5) is 16.9. The number of quaternary nitrogens is 1. The van der Waals surface area contributed by atoms with Crippen LogP contribution in [0.5, 0.6) is 0 Å². The molecule has 4 heteroatoms. The molecule has 19 heavy (non-hydrogen) atoms. The highest BCUT2D eigenvalue weighted by Crippen LogP contribution is 2.19. The maximum absolute atomic E-state index is 12.4. The van der Waals surface area contributed by atoms with Crippen LogP contribution in [-0.4, -0.2) is 43.6 Å². The van der Waals surface area contributed by atoms with Gasteiger partial charge in [0, 0.05) is 22.7 Å². The van der Waals surface area contributed by atoms with Gasteiger partial charge in [-0.15, -0.1) is 0 Å². The van der Waals surface area contributed by atoms with Crippen molar-refractivity contribution in [2.45, 2.75) is 6.92 Å². The summed E-state index contributed by atoms with van der Waals surface area (Å²) in [6, 6.07) is 6.16. The van der Waals surface area contributed by atoms with E-state index in [4.69, 9.17) is 4.74 Å². The highest BCUT2D eigenvalue weighted by Gasteiger charge is 2.20. The van der Waals surface area contributed by atoms with Crippen LogP contribution in [0, 0.1) is 6.92 Å². The quantitative estimate of drug-likeness (QED) is 0.792. The van der Waals surface area contributed by atoms with Crippen molar-refractivity contribution in [3.63, 3.8) is 0 Å². The standard InChI is InChI=1S/C15H18N2O2/c1-11-2-3-12-13(9-16-14(12)8-11)15(18)10-17-4-6-19-7-5-17/h2-3,8-9,16H,4-7,10H2,1H3/p+1. The molecule has 0 amide bonds. The number of morpholine rings is 1. The molecule has 100 valence electrons. The number of Topliss-reactive ketones (excluding diaryl/α,β-unsaturated/α-hetero) is 1. The van der Waals surface area contributed by atoms with Gasteiger partial charge in [-0.3, -0.25) is 4.79 Å². The molecule has 1 aliphatic heterocycles. The summed E-state index contributed by atoms with van der Waals surface area (Å²) in [5.74, 6) is 0.215. The molecule has 1 aromatic heterocycles. The number of fused-ring (bicyclic) bond motifs is 1. The van der Waals surface area contributed by atoms with E-state index < -0.39 is 0 Å². The van der Waals surface area contributed by atoms with Crippen LogP contribution in [0.15, 0.2) is 24.4 Å². The molecule has 1 saturated heterocycles. The van der Waals surface area contributed by atoms with E-state index in [2.05, 4.69) is 24.0 Å². The van der Waals surface area contributed by atoms with Crippen molar-refractivity contribution < 1.29 is 14.4 Å². The molecule has 4 nitrogen and oxygen atoms in total. The molecule has 0 atom stereocenters. The molecule has 1 fully saturated rings. The maximum Gasteiger partial charge on any atom is 0.219 e. The Morgan fingerprint density at radius 1 is 1.37 bits per heavy atom. The minimum absolute atomic E-state index is 0.215. The predicted molar refractivity (Wildman–Crippen MR) is 73.7 cm³/mol. The van der Waals surface area contributed by atoms with Crippen LogP contribution in [0.25, 0.3) is 10.9 Å². The molecule has 0 unspecified atom stereocenters. The molecule has 1 aromatic carbocycles. The highest BCUT2D eigenvalue weighted by molar-refractivity contribution is 6.08. The summed E-state index contributed by atoms with van der Waals surface area (Å²) in [6.07, 6.45) is 1.84. The van der Waals surface area contributed by atoms with Crippen LogP contribution in [0.4, 0.5) is 0 Å². The number of rotatable bonds is 3. The second-order valence-corrected chi connectivity index (χ2v) is 5.21. The monoisotopic (exact) mass is 259 g/mol. The molecule has 1 aliphatic rings. The van der Waals surface area contributed by atoms with Gasteiger partial charge in [0.05, 0.1) is 13.2 Å². The first kappa shape index (κ1) is 12.4. The summed E-state index contributed by atoms with van der Waals surface area (Å²) < 4.78 is 5.32. The number of ketones is 1. The van der Waals surface area contributed by atoms with Gasteiger partial charge in [0.25, 0.3) is 0 Å². The van der Waals surface area contributed by atoms with Crippen molar-refractivity contribution in [1.29, 1.82) is 0 Å². The third kappa shape index (κ3) is 2.55. The molecule has 0 saturated carbocycles. The van der Waals surface area contributed by atoms with Crippen LogP contribution < -0.4 is 4.90 Å². The fourth-order valence-electron chi connectivity index (χ4n) is 2.63. The summed E-state index contributed by atoms with van der Waals surface area (Å²) in [7, 11) is 0.